The lowest BCUT2D eigenvalue weighted by Crippen LogP contribution is -2.45. The summed E-state index contributed by atoms with van der Waals surface area (Å²) >= 11 is 0. The second-order valence-corrected chi connectivity index (χ2v) is 5.54. The Labute approximate surface area is 105 Å². The highest BCUT2D eigenvalue weighted by atomic mass is 15.3. The van der Waals surface area contributed by atoms with E-state index in [0.29, 0.717) is 12.0 Å². The van der Waals surface area contributed by atoms with Crippen LogP contribution < -0.4 is 0 Å². The van der Waals surface area contributed by atoms with Crippen molar-refractivity contribution in [3.63, 3.8) is 0 Å². The summed E-state index contributed by atoms with van der Waals surface area (Å²) in [6.45, 7) is 8.04. The van der Waals surface area contributed by atoms with Crippen LogP contribution >= 0.6 is 0 Å². The molecular weight excluding hydrogens is 208 g/mol. The number of nitrogens with zero attached hydrogens (tertiary/aromatic N) is 2. The number of benzene rings is 1. The predicted molar refractivity (Wildman–Crippen MR) is 73.4 cm³/mol. The molecule has 0 aromatic heterocycles. The lowest BCUT2D eigenvalue weighted by atomic mass is 9.91. The molecule has 1 aliphatic heterocycles. The molecule has 2 nitrogen and oxygen atoms in total. The molecule has 2 rings (SSSR count). The third-order valence-corrected chi connectivity index (χ3v) is 3.83. The molecule has 0 radical (unpaired) electrons. The van der Waals surface area contributed by atoms with E-state index in [1.165, 1.54) is 17.7 Å². The Kier molecular flexibility index (Phi) is 3.85. The van der Waals surface area contributed by atoms with Crippen molar-refractivity contribution in [2.45, 2.75) is 25.8 Å². The molecule has 1 unspecified atom stereocenters. The molecule has 2 heteroatoms. The van der Waals surface area contributed by atoms with Gasteiger partial charge in [0.2, 0.25) is 0 Å². The van der Waals surface area contributed by atoms with Gasteiger partial charge in [-0.15, -0.1) is 0 Å². The summed E-state index contributed by atoms with van der Waals surface area (Å²) in [7, 11) is 4.47. The van der Waals surface area contributed by atoms with Crippen LogP contribution in [0.4, 0.5) is 0 Å². The van der Waals surface area contributed by atoms with Gasteiger partial charge in [-0.2, -0.15) is 0 Å². The van der Waals surface area contributed by atoms with Gasteiger partial charge in [0.05, 0.1) is 0 Å². The molecule has 0 bridgehead atoms. The van der Waals surface area contributed by atoms with E-state index in [4.69, 9.17) is 0 Å². The molecular formula is C15H24N2. The Morgan fingerprint density at radius 1 is 1.12 bits per heavy atom. The summed E-state index contributed by atoms with van der Waals surface area (Å²) in [4.78, 5) is 4.92. The van der Waals surface area contributed by atoms with E-state index in [1.807, 2.05) is 0 Å². The van der Waals surface area contributed by atoms with Crippen molar-refractivity contribution in [3.05, 3.63) is 35.4 Å². The summed E-state index contributed by atoms with van der Waals surface area (Å²) in [6.07, 6.45) is 0. The van der Waals surface area contributed by atoms with E-state index in [0.717, 1.165) is 13.1 Å². The number of piperazine rings is 1. The van der Waals surface area contributed by atoms with Crippen LogP contribution in [-0.2, 0) is 0 Å². The maximum atomic E-state index is 2.49. The Morgan fingerprint density at radius 3 is 2.53 bits per heavy atom. The fourth-order valence-corrected chi connectivity index (χ4v) is 2.69. The average Bonchev–Trinajstić information content (AvgIpc) is 2.32. The molecule has 0 saturated carbocycles. The predicted octanol–water partition coefficient (Wildman–Crippen LogP) is 2.73. The fraction of sp³-hybridized carbons (Fsp3) is 0.600. The van der Waals surface area contributed by atoms with Crippen LogP contribution in [-0.4, -0.2) is 43.5 Å². The smallest absolute Gasteiger partial charge is 0.0475 e. The Balaban J connectivity index is 2.31. The summed E-state index contributed by atoms with van der Waals surface area (Å²) in [5.41, 5.74) is 3.01. The maximum absolute atomic E-state index is 2.49. The molecule has 1 fully saturated rings. The van der Waals surface area contributed by atoms with Crippen molar-refractivity contribution in [1.82, 2.24) is 9.80 Å². The van der Waals surface area contributed by atoms with Crippen molar-refractivity contribution in [2.24, 2.45) is 0 Å². The first kappa shape index (κ1) is 12.6. The van der Waals surface area contributed by atoms with Crippen LogP contribution in [0, 0.1) is 0 Å². The van der Waals surface area contributed by atoms with E-state index in [2.05, 4.69) is 62.0 Å². The molecule has 1 aromatic rings. The Hall–Kier alpha value is -0.860. The van der Waals surface area contributed by atoms with Gasteiger partial charge in [0.15, 0.2) is 0 Å². The van der Waals surface area contributed by atoms with Gasteiger partial charge in [0.25, 0.3) is 0 Å². The minimum Gasteiger partial charge on any atom is -0.303 e. The highest BCUT2D eigenvalue weighted by Gasteiger charge is 2.25. The first-order chi connectivity index (χ1) is 8.09. The molecule has 0 amide bonds. The quantitative estimate of drug-likeness (QED) is 0.773. The SMILES string of the molecule is CC(C)c1ccccc1C1CN(C)CCN1C. The second kappa shape index (κ2) is 5.19. The minimum absolute atomic E-state index is 0.548. The van der Waals surface area contributed by atoms with Crippen LogP contribution in [0.3, 0.4) is 0 Å². The lowest BCUT2D eigenvalue weighted by Gasteiger charge is -2.39. The van der Waals surface area contributed by atoms with Crippen molar-refractivity contribution < 1.29 is 0 Å². The van der Waals surface area contributed by atoms with Crippen molar-refractivity contribution in [3.8, 4) is 0 Å². The van der Waals surface area contributed by atoms with Gasteiger partial charge in [-0.05, 0) is 31.1 Å². The third kappa shape index (κ3) is 2.70. The molecule has 17 heavy (non-hydrogen) atoms. The van der Waals surface area contributed by atoms with Crippen LogP contribution in [0.1, 0.15) is 36.9 Å². The van der Waals surface area contributed by atoms with Gasteiger partial charge in [0.1, 0.15) is 0 Å². The zero-order valence-corrected chi connectivity index (χ0v) is 11.5. The summed E-state index contributed by atoms with van der Waals surface area (Å²) in [5.74, 6) is 0.604. The number of likely N-dealkylation sites (N-methyl/N-ethyl adjacent to an activating group) is 2. The molecule has 0 spiro atoms. The molecule has 1 aliphatic rings. The summed E-state index contributed by atoms with van der Waals surface area (Å²) in [5, 5.41) is 0. The van der Waals surface area contributed by atoms with E-state index in [1.54, 1.807) is 0 Å². The average molecular weight is 232 g/mol. The fourth-order valence-electron chi connectivity index (χ4n) is 2.69. The molecule has 94 valence electrons. The van der Waals surface area contributed by atoms with Gasteiger partial charge in [0, 0.05) is 25.7 Å². The monoisotopic (exact) mass is 232 g/mol. The second-order valence-electron chi connectivity index (χ2n) is 5.54. The lowest BCUT2D eigenvalue weighted by molar-refractivity contribution is 0.114. The number of hydrogen-bond acceptors (Lipinski definition) is 2. The molecule has 1 heterocycles. The zero-order valence-electron chi connectivity index (χ0n) is 11.5. The minimum atomic E-state index is 0.548. The topological polar surface area (TPSA) is 6.48 Å². The maximum Gasteiger partial charge on any atom is 0.0475 e. The molecule has 0 aliphatic carbocycles. The van der Waals surface area contributed by atoms with E-state index in [-0.39, 0.29) is 0 Å². The van der Waals surface area contributed by atoms with Crippen LogP contribution in [0.15, 0.2) is 24.3 Å². The molecule has 1 atom stereocenters. The largest absolute Gasteiger partial charge is 0.303 e. The van der Waals surface area contributed by atoms with Crippen LogP contribution in [0.25, 0.3) is 0 Å². The van der Waals surface area contributed by atoms with Crippen molar-refractivity contribution in [2.75, 3.05) is 33.7 Å². The molecule has 0 N–H and O–H groups in total. The van der Waals surface area contributed by atoms with E-state index >= 15 is 0 Å². The summed E-state index contributed by atoms with van der Waals surface area (Å²) in [6, 6.07) is 9.46. The normalized spacial score (nSPS) is 23.2. The molecule has 1 saturated heterocycles. The summed E-state index contributed by atoms with van der Waals surface area (Å²) < 4.78 is 0. The first-order valence-corrected chi connectivity index (χ1v) is 6.57. The van der Waals surface area contributed by atoms with Crippen LogP contribution in [0.2, 0.25) is 0 Å². The standard InChI is InChI=1S/C15H24N2/c1-12(2)13-7-5-6-8-14(13)15-11-16(3)9-10-17(15)4/h5-8,12,15H,9-11H2,1-4H3. The molecule has 1 aromatic carbocycles. The first-order valence-electron chi connectivity index (χ1n) is 6.57. The van der Waals surface area contributed by atoms with Gasteiger partial charge in [-0.25, -0.2) is 0 Å². The van der Waals surface area contributed by atoms with Gasteiger partial charge < -0.3 is 4.90 Å². The third-order valence-electron chi connectivity index (χ3n) is 3.83. The zero-order chi connectivity index (χ0) is 12.4. The highest BCUT2D eigenvalue weighted by Crippen LogP contribution is 2.30. The number of hydrogen-bond donors (Lipinski definition) is 0. The van der Waals surface area contributed by atoms with Gasteiger partial charge in [-0.3, -0.25) is 4.90 Å². The van der Waals surface area contributed by atoms with Gasteiger partial charge in [-0.1, -0.05) is 38.1 Å². The van der Waals surface area contributed by atoms with Crippen molar-refractivity contribution in [1.29, 1.82) is 0 Å². The van der Waals surface area contributed by atoms with Crippen molar-refractivity contribution >= 4 is 0 Å². The Bertz CT molecular complexity index is 373. The number of rotatable bonds is 2. The highest BCUT2D eigenvalue weighted by molar-refractivity contribution is 5.33. The Morgan fingerprint density at radius 2 is 1.82 bits per heavy atom. The van der Waals surface area contributed by atoms with Crippen LogP contribution in [0.5, 0.6) is 0 Å². The van der Waals surface area contributed by atoms with Gasteiger partial charge >= 0.3 is 0 Å². The van der Waals surface area contributed by atoms with E-state index < -0.39 is 0 Å². The van der Waals surface area contributed by atoms with E-state index in [9.17, 15) is 0 Å².